The topological polar surface area (TPSA) is 62.7 Å². The number of fused-ring (bicyclic) bond motifs is 1. The number of pyridine rings is 1. The van der Waals surface area contributed by atoms with Crippen LogP contribution < -0.4 is 4.74 Å². The van der Waals surface area contributed by atoms with Crippen LogP contribution in [0.4, 0.5) is 0 Å². The summed E-state index contributed by atoms with van der Waals surface area (Å²) >= 11 is 1.66. The van der Waals surface area contributed by atoms with Crippen LogP contribution in [0.15, 0.2) is 36.7 Å². The highest BCUT2D eigenvalue weighted by atomic mass is 32.2. The van der Waals surface area contributed by atoms with Crippen LogP contribution in [0.3, 0.4) is 0 Å². The number of hydrogen-bond acceptors (Lipinski definition) is 5. The van der Waals surface area contributed by atoms with Crippen LogP contribution >= 0.6 is 11.8 Å². The molecule has 25 heavy (non-hydrogen) atoms. The van der Waals surface area contributed by atoms with E-state index in [9.17, 15) is 9.90 Å². The molecule has 0 saturated carbocycles. The summed E-state index contributed by atoms with van der Waals surface area (Å²) in [7, 11) is 0. The molecule has 0 atom stereocenters. The Kier molecular flexibility index (Phi) is 5.81. The van der Waals surface area contributed by atoms with Crippen molar-refractivity contribution in [1.82, 2.24) is 9.88 Å². The molecule has 2 aromatic rings. The number of rotatable bonds is 5. The molecular formula is C19H22N2O3S. The minimum Gasteiger partial charge on any atom is -0.504 e. The van der Waals surface area contributed by atoms with E-state index in [0.29, 0.717) is 31.2 Å². The average molecular weight is 358 g/mol. The van der Waals surface area contributed by atoms with Crippen LogP contribution in [0.25, 0.3) is 11.1 Å². The van der Waals surface area contributed by atoms with Gasteiger partial charge in [-0.1, -0.05) is 13.0 Å². The Balaban J connectivity index is 1.84. The van der Waals surface area contributed by atoms with Crippen LogP contribution in [0.2, 0.25) is 0 Å². The molecule has 132 valence electrons. The van der Waals surface area contributed by atoms with Gasteiger partial charge in [-0.2, -0.15) is 11.8 Å². The molecule has 0 unspecified atom stereocenters. The number of phenolic OH excluding ortho intramolecular Hbond substituents is 1. The predicted octanol–water partition coefficient (Wildman–Crippen LogP) is 3.32. The summed E-state index contributed by atoms with van der Waals surface area (Å²) in [5.41, 5.74) is 2.61. The third-order valence-electron chi connectivity index (χ3n) is 4.04. The SMILES string of the molecule is CCCSCC(=O)N1CCOc2c(O)cc(-c3cccnc3)cc2C1. The number of aromatic nitrogens is 1. The van der Waals surface area contributed by atoms with Crippen molar-refractivity contribution in [2.75, 3.05) is 24.7 Å². The van der Waals surface area contributed by atoms with E-state index < -0.39 is 0 Å². The fourth-order valence-corrected chi connectivity index (χ4v) is 3.60. The molecule has 2 heterocycles. The molecular weight excluding hydrogens is 336 g/mol. The standard InChI is InChI=1S/C19H22N2O3S/c1-2-8-25-13-18(23)21-6-7-24-19-16(12-21)9-15(10-17(19)22)14-4-3-5-20-11-14/h3-5,9-11,22H,2,6-8,12-13H2,1H3. The van der Waals surface area contributed by atoms with Crippen molar-refractivity contribution in [3.63, 3.8) is 0 Å². The number of thioether (sulfide) groups is 1. The lowest BCUT2D eigenvalue weighted by Crippen LogP contribution is -2.33. The van der Waals surface area contributed by atoms with Crippen LogP contribution in [-0.4, -0.2) is 45.6 Å². The molecule has 0 fully saturated rings. The molecule has 6 heteroatoms. The van der Waals surface area contributed by atoms with Gasteiger partial charge in [0.25, 0.3) is 0 Å². The van der Waals surface area contributed by atoms with Gasteiger partial charge in [0, 0.05) is 30.1 Å². The molecule has 3 rings (SSSR count). The largest absolute Gasteiger partial charge is 0.504 e. The molecule has 1 aliphatic heterocycles. The Labute approximate surface area is 152 Å². The lowest BCUT2D eigenvalue weighted by molar-refractivity contribution is -0.129. The van der Waals surface area contributed by atoms with Gasteiger partial charge in [0.05, 0.1) is 12.3 Å². The smallest absolute Gasteiger partial charge is 0.232 e. The molecule has 1 N–H and O–H groups in total. The van der Waals surface area contributed by atoms with Crippen LogP contribution in [0, 0.1) is 0 Å². The van der Waals surface area contributed by atoms with Crippen molar-refractivity contribution >= 4 is 17.7 Å². The summed E-state index contributed by atoms with van der Waals surface area (Å²) in [6.45, 7) is 3.47. The number of hydrogen-bond donors (Lipinski definition) is 1. The molecule has 1 aliphatic rings. The molecule has 0 saturated heterocycles. The van der Waals surface area contributed by atoms with Gasteiger partial charge in [-0.25, -0.2) is 0 Å². The number of ether oxygens (including phenoxy) is 1. The van der Waals surface area contributed by atoms with Crippen molar-refractivity contribution in [2.24, 2.45) is 0 Å². The first-order valence-corrected chi connectivity index (χ1v) is 9.59. The zero-order chi connectivity index (χ0) is 17.6. The number of phenols is 1. The third-order valence-corrected chi connectivity index (χ3v) is 5.18. The molecule has 1 aromatic carbocycles. The number of carbonyl (C=O) groups is 1. The summed E-state index contributed by atoms with van der Waals surface area (Å²) in [6, 6.07) is 7.45. The Morgan fingerprint density at radius 2 is 2.28 bits per heavy atom. The minimum atomic E-state index is 0.103. The van der Waals surface area contributed by atoms with E-state index in [1.54, 1.807) is 35.1 Å². The first kappa shape index (κ1) is 17.6. The number of carbonyl (C=O) groups excluding carboxylic acids is 1. The Bertz CT molecular complexity index is 737. The van der Waals surface area contributed by atoms with Crippen molar-refractivity contribution in [2.45, 2.75) is 19.9 Å². The first-order valence-electron chi connectivity index (χ1n) is 8.43. The van der Waals surface area contributed by atoms with Gasteiger partial charge in [-0.05, 0) is 35.9 Å². The lowest BCUT2D eigenvalue weighted by atomic mass is 10.0. The van der Waals surface area contributed by atoms with Gasteiger partial charge in [-0.3, -0.25) is 9.78 Å². The molecule has 0 spiro atoms. The zero-order valence-corrected chi connectivity index (χ0v) is 15.1. The summed E-state index contributed by atoms with van der Waals surface area (Å²) in [5, 5.41) is 10.4. The quantitative estimate of drug-likeness (QED) is 0.831. The van der Waals surface area contributed by atoms with E-state index >= 15 is 0 Å². The maximum atomic E-state index is 12.5. The van der Waals surface area contributed by atoms with Crippen molar-refractivity contribution < 1.29 is 14.6 Å². The van der Waals surface area contributed by atoms with Crippen molar-refractivity contribution in [3.8, 4) is 22.6 Å². The van der Waals surface area contributed by atoms with Gasteiger partial charge in [0.15, 0.2) is 11.5 Å². The van der Waals surface area contributed by atoms with Gasteiger partial charge in [0.2, 0.25) is 5.91 Å². The molecule has 0 radical (unpaired) electrons. The summed E-state index contributed by atoms with van der Waals surface area (Å²) in [6.07, 6.45) is 4.53. The Morgan fingerprint density at radius 3 is 3.04 bits per heavy atom. The third kappa shape index (κ3) is 4.25. The number of amides is 1. The summed E-state index contributed by atoms with van der Waals surface area (Å²) in [5.74, 6) is 2.16. The van der Waals surface area contributed by atoms with Crippen molar-refractivity contribution in [3.05, 3.63) is 42.2 Å². The van der Waals surface area contributed by atoms with Gasteiger partial charge >= 0.3 is 0 Å². The first-order chi connectivity index (χ1) is 12.2. The van der Waals surface area contributed by atoms with E-state index in [1.165, 1.54) is 0 Å². The van der Waals surface area contributed by atoms with Crippen LogP contribution in [0.5, 0.6) is 11.5 Å². The van der Waals surface area contributed by atoms with E-state index in [4.69, 9.17) is 4.74 Å². The number of nitrogens with zero attached hydrogens (tertiary/aromatic N) is 2. The van der Waals surface area contributed by atoms with E-state index in [0.717, 1.165) is 28.9 Å². The monoisotopic (exact) mass is 358 g/mol. The molecule has 0 bridgehead atoms. The second-order valence-electron chi connectivity index (χ2n) is 5.94. The summed E-state index contributed by atoms with van der Waals surface area (Å²) < 4.78 is 5.71. The van der Waals surface area contributed by atoms with Gasteiger partial charge < -0.3 is 14.7 Å². The normalized spacial score (nSPS) is 13.7. The Hall–Kier alpha value is -2.21. The average Bonchev–Trinajstić information content (AvgIpc) is 2.85. The highest BCUT2D eigenvalue weighted by Gasteiger charge is 2.22. The second-order valence-corrected chi connectivity index (χ2v) is 7.05. The Morgan fingerprint density at radius 1 is 1.40 bits per heavy atom. The van der Waals surface area contributed by atoms with Crippen molar-refractivity contribution in [1.29, 1.82) is 0 Å². The fraction of sp³-hybridized carbons (Fsp3) is 0.368. The van der Waals surface area contributed by atoms with Gasteiger partial charge in [-0.15, -0.1) is 0 Å². The summed E-state index contributed by atoms with van der Waals surface area (Å²) in [4.78, 5) is 18.4. The number of aromatic hydroxyl groups is 1. The van der Waals surface area contributed by atoms with E-state index in [2.05, 4.69) is 11.9 Å². The maximum Gasteiger partial charge on any atom is 0.232 e. The highest BCUT2D eigenvalue weighted by Crippen LogP contribution is 2.37. The number of benzene rings is 1. The fourth-order valence-electron chi connectivity index (χ4n) is 2.81. The maximum absolute atomic E-state index is 12.5. The molecule has 1 aromatic heterocycles. The highest BCUT2D eigenvalue weighted by molar-refractivity contribution is 7.99. The second kappa shape index (κ2) is 8.25. The molecule has 0 aliphatic carbocycles. The van der Waals surface area contributed by atoms with E-state index in [-0.39, 0.29) is 11.7 Å². The minimum absolute atomic E-state index is 0.103. The predicted molar refractivity (Wildman–Crippen MR) is 99.9 cm³/mol. The van der Waals surface area contributed by atoms with Crippen LogP contribution in [-0.2, 0) is 11.3 Å². The van der Waals surface area contributed by atoms with Gasteiger partial charge in [0.1, 0.15) is 6.61 Å². The zero-order valence-electron chi connectivity index (χ0n) is 14.3. The lowest BCUT2D eigenvalue weighted by Gasteiger charge is -2.20. The van der Waals surface area contributed by atoms with E-state index in [1.807, 2.05) is 18.2 Å². The molecule has 1 amide bonds. The molecule has 5 nitrogen and oxygen atoms in total. The van der Waals surface area contributed by atoms with Crippen LogP contribution in [0.1, 0.15) is 18.9 Å².